The summed E-state index contributed by atoms with van der Waals surface area (Å²) in [5.74, 6) is 0.334. The van der Waals surface area contributed by atoms with Gasteiger partial charge < -0.3 is 14.7 Å². The predicted molar refractivity (Wildman–Crippen MR) is 67.6 cm³/mol. The van der Waals surface area contributed by atoms with Gasteiger partial charge in [-0.25, -0.2) is 9.78 Å². The van der Waals surface area contributed by atoms with E-state index in [2.05, 4.69) is 9.72 Å². The zero-order valence-electron chi connectivity index (χ0n) is 10.7. The lowest BCUT2D eigenvalue weighted by Crippen LogP contribution is -2.46. The molecule has 5 heteroatoms. The van der Waals surface area contributed by atoms with E-state index in [-0.39, 0.29) is 5.97 Å². The molecule has 1 saturated heterocycles. The third kappa shape index (κ3) is 2.79. The van der Waals surface area contributed by atoms with Gasteiger partial charge in [-0.05, 0) is 31.9 Å². The molecular formula is C13H18N2O3. The van der Waals surface area contributed by atoms with Crippen molar-refractivity contribution >= 4 is 11.8 Å². The zero-order valence-corrected chi connectivity index (χ0v) is 10.7. The lowest BCUT2D eigenvalue weighted by atomic mass is 9.95. The second kappa shape index (κ2) is 4.94. The predicted octanol–water partition coefficient (Wildman–Crippen LogP) is 1.22. The number of methoxy groups -OCH3 is 1. The van der Waals surface area contributed by atoms with Crippen molar-refractivity contribution in [3.8, 4) is 0 Å². The van der Waals surface area contributed by atoms with Gasteiger partial charge in [-0.15, -0.1) is 0 Å². The molecule has 0 radical (unpaired) electrons. The van der Waals surface area contributed by atoms with Crippen molar-refractivity contribution in [3.63, 3.8) is 0 Å². The Bertz CT molecular complexity index is 446. The van der Waals surface area contributed by atoms with E-state index in [4.69, 9.17) is 0 Å². The number of anilines is 1. The van der Waals surface area contributed by atoms with Crippen LogP contribution in [0.25, 0.3) is 0 Å². The summed E-state index contributed by atoms with van der Waals surface area (Å²) in [7, 11) is 1.36. The standard InChI is InChI=1S/C13H18N2O3/c1-13(17)5-3-7-15(9-13)11-8-10(4-6-14-11)12(16)18-2/h4,6,8,17H,3,5,7,9H2,1-2H3. The number of pyridine rings is 1. The van der Waals surface area contributed by atoms with Gasteiger partial charge in [0.15, 0.2) is 0 Å². The summed E-state index contributed by atoms with van der Waals surface area (Å²) in [6.45, 7) is 3.20. The van der Waals surface area contributed by atoms with Crippen molar-refractivity contribution < 1.29 is 14.6 Å². The van der Waals surface area contributed by atoms with Crippen LogP contribution in [-0.2, 0) is 4.74 Å². The van der Waals surface area contributed by atoms with E-state index in [1.54, 1.807) is 18.3 Å². The Morgan fingerprint density at radius 3 is 3.06 bits per heavy atom. The molecule has 0 spiro atoms. The van der Waals surface area contributed by atoms with Crippen LogP contribution in [0.2, 0.25) is 0 Å². The van der Waals surface area contributed by atoms with Gasteiger partial charge in [-0.2, -0.15) is 0 Å². The summed E-state index contributed by atoms with van der Waals surface area (Å²) in [6, 6.07) is 3.32. The number of carbonyl (C=O) groups excluding carboxylic acids is 1. The van der Waals surface area contributed by atoms with Crippen molar-refractivity contribution in [1.82, 2.24) is 4.98 Å². The number of carbonyl (C=O) groups is 1. The molecule has 1 aliphatic rings. The molecule has 2 rings (SSSR count). The normalized spacial score (nSPS) is 23.8. The second-order valence-electron chi connectivity index (χ2n) is 4.92. The summed E-state index contributed by atoms with van der Waals surface area (Å²) in [4.78, 5) is 17.7. The Balaban J connectivity index is 2.20. The first-order valence-electron chi connectivity index (χ1n) is 6.03. The number of hydrogen-bond donors (Lipinski definition) is 1. The molecular weight excluding hydrogens is 232 g/mol. The van der Waals surface area contributed by atoms with Gasteiger partial charge in [0.1, 0.15) is 5.82 Å². The van der Waals surface area contributed by atoms with Gasteiger partial charge in [0, 0.05) is 19.3 Å². The lowest BCUT2D eigenvalue weighted by molar-refractivity contribution is 0.0447. The van der Waals surface area contributed by atoms with Gasteiger partial charge >= 0.3 is 5.97 Å². The van der Waals surface area contributed by atoms with Crippen LogP contribution in [0.5, 0.6) is 0 Å². The first-order chi connectivity index (χ1) is 8.52. The minimum atomic E-state index is -0.693. The molecule has 0 amide bonds. The first kappa shape index (κ1) is 12.8. The number of aliphatic hydroxyl groups is 1. The Morgan fingerprint density at radius 1 is 1.61 bits per heavy atom. The van der Waals surface area contributed by atoms with Crippen LogP contribution in [0.4, 0.5) is 5.82 Å². The molecule has 1 atom stereocenters. The van der Waals surface area contributed by atoms with E-state index in [9.17, 15) is 9.90 Å². The van der Waals surface area contributed by atoms with Gasteiger partial charge in [0.25, 0.3) is 0 Å². The Kier molecular flexibility index (Phi) is 3.52. The number of ether oxygens (including phenoxy) is 1. The number of esters is 1. The highest BCUT2D eigenvalue weighted by atomic mass is 16.5. The van der Waals surface area contributed by atoms with Crippen LogP contribution in [0, 0.1) is 0 Å². The maximum Gasteiger partial charge on any atom is 0.338 e. The van der Waals surface area contributed by atoms with Gasteiger partial charge in [0.05, 0.1) is 18.3 Å². The molecule has 98 valence electrons. The average molecular weight is 250 g/mol. The number of piperidine rings is 1. The summed E-state index contributed by atoms with van der Waals surface area (Å²) < 4.78 is 4.68. The van der Waals surface area contributed by atoms with Crippen LogP contribution in [0.3, 0.4) is 0 Å². The fraction of sp³-hybridized carbons (Fsp3) is 0.538. The van der Waals surface area contributed by atoms with Crippen molar-refractivity contribution in [1.29, 1.82) is 0 Å². The molecule has 0 saturated carbocycles. The number of β-amino-alcohol motifs (C(OH)–C–C–N with tert-alkyl or cyclic N) is 1. The van der Waals surface area contributed by atoms with Gasteiger partial charge in [-0.1, -0.05) is 0 Å². The van der Waals surface area contributed by atoms with E-state index in [1.807, 2.05) is 11.8 Å². The Morgan fingerprint density at radius 2 is 2.39 bits per heavy atom. The third-order valence-corrected chi connectivity index (χ3v) is 3.17. The molecule has 0 aromatic carbocycles. The summed E-state index contributed by atoms with van der Waals surface area (Å²) in [6.07, 6.45) is 3.29. The maximum absolute atomic E-state index is 11.5. The first-order valence-corrected chi connectivity index (χ1v) is 6.03. The fourth-order valence-electron chi connectivity index (χ4n) is 2.25. The third-order valence-electron chi connectivity index (χ3n) is 3.17. The Labute approximate surface area is 106 Å². The second-order valence-corrected chi connectivity index (χ2v) is 4.92. The molecule has 18 heavy (non-hydrogen) atoms. The fourth-order valence-corrected chi connectivity index (χ4v) is 2.25. The minimum Gasteiger partial charge on any atom is -0.465 e. The largest absolute Gasteiger partial charge is 0.465 e. The topological polar surface area (TPSA) is 62.7 Å². The molecule has 1 aromatic heterocycles. The smallest absolute Gasteiger partial charge is 0.338 e. The van der Waals surface area contributed by atoms with Gasteiger partial charge in [-0.3, -0.25) is 0 Å². The summed E-state index contributed by atoms with van der Waals surface area (Å²) >= 11 is 0. The molecule has 1 N–H and O–H groups in total. The SMILES string of the molecule is COC(=O)c1ccnc(N2CCCC(C)(O)C2)c1. The van der Waals surface area contributed by atoms with Crippen LogP contribution in [-0.4, -0.2) is 41.9 Å². The highest BCUT2D eigenvalue weighted by molar-refractivity contribution is 5.90. The van der Waals surface area contributed by atoms with E-state index >= 15 is 0 Å². The van der Waals surface area contributed by atoms with Crippen molar-refractivity contribution in [2.75, 3.05) is 25.1 Å². The van der Waals surface area contributed by atoms with Crippen molar-refractivity contribution in [2.24, 2.45) is 0 Å². The number of nitrogens with zero attached hydrogens (tertiary/aromatic N) is 2. The Hall–Kier alpha value is -1.62. The quantitative estimate of drug-likeness (QED) is 0.800. The summed E-state index contributed by atoms with van der Waals surface area (Å²) in [5, 5.41) is 10.1. The van der Waals surface area contributed by atoms with Crippen LogP contribution in [0.15, 0.2) is 18.3 Å². The zero-order chi connectivity index (χ0) is 13.2. The average Bonchev–Trinajstić information content (AvgIpc) is 2.37. The van der Waals surface area contributed by atoms with E-state index in [0.717, 1.165) is 19.4 Å². The summed E-state index contributed by atoms with van der Waals surface area (Å²) in [5.41, 5.74) is -0.214. The molecule has 5 nitrogen and oxygen atoms in total. The van der Waals surface area contributed by atoms with Crippen LogP contribution < -0.4 is 4.90 Å². The van der Waals surface area contributed by atoms with E-state index in [0.29, 0.717) is 17.9 Å². The van der Waals surface area contributed by atoms with Crippen molar-refractivity contribution in [2.45, 2.75) is 25.4 Å². The van der Waals surface area contributed by atoms with Gasteiger partial charge in [0.2, 0.25) is 0 Å². The number of hydrogen-bond acceptors (Lipinski definition) is 5. The van der Waals surface area contributed by atoms with Crippen LogP contribution in [0.1, 0.15) is 30.1 Å². The highest BCUT2D eigenvalue weighted by Gasteiger charge is 2.29. The molecule has 1 unspecified atom stereocenters. The van der Waals surface area contributed by atoms with E-state index in [1.165, 1.54) is 7.11 Å². The number of aromatic nitrogens is 1. The number of rotatable bonds is 2. The molecule has 2 heterocycles. The molecule has 1 aliphatic heterocycles. The van der Waals surface area contributed by atoms with Crippen LogP contribution >= 0.6 is 0 Å². The minimum absolute atomic E-state index is 0.373. The maximum atomic E-state index is 11.5. The molecule has 0 aliphatic carbocycles. The van der Waals surface area contributed by atoms with Crippen molar-refractivity contribution in [3.05, 3.63) is 23.9 Å². The monoisotopic (exact) mass is 250 g/mol. The lowest BCUT2D eigenvalue weighted by Gasteiger charge is -2.37. The molecule has 1 fully saturated rings. The highest BCUT2D eigenvalue weighted by Crippen LogP contribution is 2.24. The molecule has 0 bridgehead atoms. The molecule has 1 aromatic rings. The van der Waals surface area contributed by atoms with E-state index < -0.39 is 5.60 Å².